The summed E-state index contributed by atoms with van der Waals surface area (Å²) in [7, 11) is 0. The van der Waals surface area contributed by atoms with Crippen molar-refractivity contribution >= 4 is 17.5 Å². The van der Waals surface area contributed by atoms with Crippen molar-refractivity contribution in [2.24, 2.45) is 11.7 Å². The second kappa shape index (κ2) is 5.72. The Morgan fingerprint density at radius 3 is 2.89 bits per heavy atom. The first-order chi connectivity index (χ1) is 8.58. The summed E-state index contributed by atoms with van der Waals surface area (Å²) in [6.07, 6.45) is 2.39. The van der Waals surface area contributed by atoms with Crippen molar-refractivity contribution in [3.63, 3.8) is 0 Å². The summed E-state index contributed by atoms with van der Waals surface area (Å²) in [4.78, 5) is 12.0. The van der Waals surface area contributed by atoms with E-state index in [0.29, 0.717) is 17.5 Å². The zero-order chi connectivity index (χ0) is 13.1. The van der Waals surface area contributed by atoms with E-state index >= 15 is 0 Å². The fourth-order valence-electron chi connectivity index (χ4n) is 1.99. The highest BCUT2D eigenvalue weighted by molar-refractivity contribution is 6.30. The van der Waals surface area contributed by atoms with Crippen molar-refractivity contribution in [2.45, 2.75) is 31.7 Å². The van der Waals surface area contributed by atoms with E-state index in [1.807, 2.05) is 25.1 Å². The number of halogens is 1. The lowest BCUT2D eigenvalue weighted by Crippen LogP contribution is -2.40. The monoisotopic (exact) mass is 266 g/mol. The molecule has 2 unspecified atom stereocenters. The molecule has 0 bridgehead atoms. The van der Waals surface area contributed by atoms with E-state index in [0.717, 1.165) is 5.56 Å². The largest absolute Gasteiger partial charge is 0.354 e. The molecule has 0 heterocycles. The van der Waals surface area contributed by atoms with E-state index in [2.05, 4.69) is 5.32 Å². The number of benzene rings is 1. The average Bonchev–Trinajstić information content (AvgIpc) is 3.18. The van der Waals surface area contributed by atoms with Gasteiger partial charge in [-0.25, -0.2) is 0 Å². The molecular formula is C14H19ClN2O. The lowest BCUT2D eigenvalue weighted by molar-refractivity contribution is -0.122. The second-order valence-electron chi connectivity index (χ2n) is 5.02. The van der Waals surface area contributed by atoms with Gasteiger partial charge in [0.05, 0.1) is 5.92 Å². The molecular weight excluding hydrogens is 248 g/mol. The first-order valence-electron chi connectivity index (χ1n) is 6.36. The van der Waals surface area contributed by atoms with Gasteiger partial charge in [0, 0.05) is 17.6 Å². The minimum absolute atomic E-state index is 0.00775. The number of carbonyl (C=O) groups excluding carboxylic acids is 1. The Labute approximate surface area is 113 Å². The fourth-order valence-corrected chi connectivity index (χ4v) is 2.19. The van der Waals surface area contributed by atoms with Crippen molar-refractivity contribution < 1.29 is 4.79 Å². The maximum absolute atomic E-state index is 12.0. The number of hydrogen-bond donors (Lipinski definition) is 2. The number of nitrogens with two attached hydrogens (primary N) is 1. The van der Waals surface area contributed by atoms with Gasteiger partial charge in [0.1, 0.15) is 0 Å². The SMILES string of the molecule is CC(C(=O)NCC(N)C1CC1)c1cccc(Cl)c1. The zero-order valence-electron chi connectivity index (χ0n) is 10.5. The molecule has 0 aliphatic heterocycles. The predicted molar refractivity (Wildman–Crippen MR) is 73.6 cm³/mol. The lowest BCUT2D eigenvalue weighted by atomic mass is 10.0. The molecule has 1 fully saturated rings. The Kier molecular flexibility index (Phi) is 4.25. The van der Waals surface area contributed by atoms with Gasteiger partial charge in [-0.2, -0.15) is 0 Å². The van der Waals surface area contributed by atoms with Crippen molar-refractivity contribution in [3.05, 3.63) is 34.9 Å². The molecule has 4 heteroatoms. The van der Waals surface area contributed by atoms with Crippen molar-refractivity contribution in [1.29, 1.82) is 0 Å². The van der Waals surface area contributed by atoms with Crippen LogP contribution in [0, 0.1) is 5.92 Å². The Hall–Kier alpha value is -1.06. The summed E-state index contributed by atoms with van der Waals surface area (Å²) >= 11 is 5.92. The summed E-state index contributed by atoms with van der Waals surface area (Å²) in [5, 5.41) is 3.57. The standard InChI is InChI=1S/C14H19ClN2O/c1-9(11-3-2-4-12(15)7-11)14(18)17-8-13(16)10-5-6-10/h2-4,7,9-10,13H,5-6,8,16H2,1H3,(H,17,18). The molecule has 1 aliphatic carbocycles. The van der Waals surface area contributed by atoms with Crippen LogP contribution in [0.4, 0.5) is 0 Å². The van der Waals surface area contributed by atoms with Gasteiger partial charge in [0.15, 0.2) is 0 Å². The van der Waals surface area contributed by atoms with Crippen molar-refractivity contribution in [2.75, 3.05) is 6.54 Å². The number of hydrogen-bond acceptors (Lipinski definition) is 2. The Morgan fingerprint density at radius 2 is 2.28 bits per heavy atom. The highest BCUT2D eigenvalue weighted by Gasteiger charge is 2.28. The molecule has 2 atom stereocenters. The molecule has 1 aromatic carbocycles. The molecule has 0 spiro atoms. The van der Waals surface area contributed by atoms with E-state index in [1.165, 1.54) is 12.8 Å². The molecule has 1 amide bonds. The Balaban J connectivity index is 1.87. The normalized spacial score (nSPS) is 18.2. The van der Waals surface area contributed by atoms with Crippen LogP contribution < -0.4 is 11.1 Å². The van der Waals surface area contributed by atoms with Gasteiger partial charge < -0.3 is 11.1 Å². The maximum atomic E-state index is 12.0. The summed E-state index contributed by atoms with van der Waals surface area (Å²) in [6, 6.07) is 7.50. The molecule has 3 N–H and O–H groups in total. The van der Waals surface area contributed by atoms with Crippen LogP contribution in [-0.2, 0) is 4.79 Å². The van der Waals surface area contributed by atoms with Crippen LogP contribution in [0.3, 0.4) is 0 Å². The molecule has 0 aromatic heterocycles. The quantitative estimate of drug-likeness (QED) is 0.859. The molecule has 3 nitrogen and oxygen atoms in total. The number of nitrogens with one attached hydrogen (secondary N) is 1. The summed E-state index contributed by atoms with van der Waals surface area (Å²) in [6.45, 7) is 2.44. The minimum atomic E-state index is -0.199. The van der Waals surface area contributed by atoms with E-state index in [-0.39, 0.29) is 17.9 Å². The van der Waals surface area contributed by atoms with Gasteiger partial charge >= 0.3 is 0 Å². The third-order valence-electron chi connectivity index (χ3n) is 3.48. The summed E-state index contributed by atoms with van der Waals surface area (Å²) < 4.78 is 0. The van der Waals surface area contributed by atoms with E-state index in [1.54, 1.807) is 6.07 Å². The molecule has 1 aliphatic rings. The maximum Gasteiger partial charge on any atom is 0.227 e. The van der Waals surface area contributed by atoms with Crippen LogP contribution in [0.5, 0.6) is 0 Å². The highest BCUT2D eigenvalue weighted by Crippen LogP contribution is 2.31. The van der Waals surface area contributed by atoms with Crippen LogP contribution in [0.15, 0.2) is 24.3 Å². The molecule has 2 rings (SSSR count). The second-order valence-corrected chi connectivity index (χ2v) is 5.46. The molecule has 0 saturated heterocycles. The van der Waals surface area contributed by atoms with Crippen LogP contribution in [0.2, 0.25) is 5.02 Å². The highest BCUT2D eigenvalue weighted by atomic mass is 35.5. The van der Waals surface area contributed by atoms with Gasteiger partial charge in [-0.1, -0.05) is 23.7 Å². The van der Waals surface area contributed by atoms with E-state index in [9.17, 15) is 4.79 Å². The third-order valence-corrected chi connectivity index (χ3v) is 3.72. The predicted octanol–water partition coefficient (Wildman–Crippen LogP) is 2.30. The van der Waals surface area contributed by atoms with Crippen molar-refractivity contribution in [3.8, 4) is 0 Å². The number of rotatable bonds is 5. The molecule has 98 valence electrons. The van der Waals surface area contributed by atoms with E-state index < -0.39 is 0 Å². The Bertz CT molecular complexity index is 432. The molecule has 0 radical (unpaired) electrons. The van der Waals surface area contributed by atoms with Gasteiger partial charge in [-0.3, -0.25) is 4.79 Å². The van der Waals surface area contributed by atoms with Gasteiger partial charge in [-0.15, -0.1) is 0 Å². The molecule has 1 aromatic rings. The van der Waals surface area contributed by atoms with E-state index in [4.69, 9.17) is 17.3 Å². The first kappa shape index (κ1) is 13.4. The van der Waals surface area contributed by atoms with Gasteiger partial charge in [-0.05, 0) is 43.4 Å². The topological polar surface area (TPSA) is 55.1 Å². The fraction of sp³-hybridized carbons (Fsp3) is 0.500. The van der Waals surface area contributed by atoms with Gasteiger partial charge in [0.25, 0.3) is 0 Å². The van der Waals surface area contributed by atoms with Crippen LogP contribution in [-0.4, -0.2) is 18.5 Å². The zero-order valence-corrected chi connectivity index (χ0v) is 11.3. The van der Waals surface area contributed by atoms with Crippen molar-refractivity contribution in [1.82, 2.24) is 5.32 Å². The third kappa shape index (κ3) is 3.47. The van der Waals surface area contributed by atoms with Crippen LogP contribution >= 0.6 is 11.6 Å². The average molecular weight is 267 g/mol. The number of carbonyl (C=O) groups is 1. The lowest BCUT2D eigenvalue weighted by Gasteiger charge is -2.15. The summed E-state index contributed by atoms with van der Waals surface area (Å²) in [5.74, 6) is 0.412. The number of amides is 1. The minimum Gasteiger partial charge on any atom is -0.354 e. The summed E-state index contributed by atoms with van der Waals surface area (Å²) in [5.41, 5.74) is 6.88. The smallest absolute Gasteiger partial charge is 0.227 e. The molecule has 1 saturated carbocycles. The Morgan fingerprint density at radius 1 is 1.56 bits per heavy atom. The first-order valence-corrected chi connectivity index (χ1v) is 6.74. The van der Waals surface area contributed by atoms with Crippen LogP contribution in [0.1, 0.15) is 31.2 Å². The van der Waals surface area contributed by atoms with Crippen LogP contribution in [0.25, 0.3) is 0 Å². The van der Waals surface area contributed by atoms with Gasteiger partial charge in [0.2, 0.25) is 5.91 Å². The molecule has 18 heavy (non-hydrogen) atoms.